The lowest BCUT2D eigenvalue weighted by atomic mass is 10.2. The fourth-order valence-electron chi connectivity index (χ4n) is 1.20. The number of nitrogens with two attached hydrogens (primary N) is 2. The second-order valence-electron chi connectivity index (χ2n) is 3.35. The highest BCUT2D eigenvalue weighted by Gasteiger charge is 2.36. The topological polar surface area (TPSA) is 70.9 Å². The van der Waals surface area contributed by atoms with Gasteiger partial charge in [0.2, 0.25) is 0 Å². The standard InChI is InChI=1S/C7H17N5/c1-5-10-6(8)12(4)7(2,9)11(5)3/h6H,8-9H2,1-4H3. The zero-order valence-electron chi connectivity index (χ0n) is 8.07. The summed E-state index contributed by atoms with van der Waals surface area (Å²) in [5.41, 5.74) is 11.8. The Bertz CT molecular complexity index is 210. The van der Waals surface area contributed by atoms with Gasteiger partial charge in [-0.3, -0.25) is 11.5 Å². The van der Waals surface area contributed by atoms with E-state index < -0.39 is 5.79 Å². The smallest absolute Gasteiger partial charge is 0.158 e. The lowest BCUT2D eigenvalue weighted by Crippen LogP contribution is -2.70. The van der Waals surface area contributed by atoms with Crippen LogP contribution in [-0.4, -0.2) is 41.8 Å². The van der Waals surface area contributed by atoms with Gasteiger partial charge in [-0.15, -0.1) is 0 Å². The van der Waals surface area contributed by atoms with Crippen molar-refractivity contribution in [1.29, 1.82) is 0 Å². The van der Waals surface area contributed by atoms with Gasteiger partial charge in [-0.25, -0.2) is 9.89 Å². The summed E-state index contributed by atoms with van der Waals surface area (Å²) in [6.45, 7) is 3.81. The molecule has 4 N–H and O–H groups in total. The molecule has 0 saturated carbocycles. The van der Waals surface area contributed by atoms with Crippen LogP contribution < -0.4 is 11.5 Å². The van der Waals surface area contributed by atoms with Crippen molar-refractivity contribution in [3.05, 3.63) is 0 Å². The van der Waals surface area contributed by atoms with Gasteiger partial charge >= 0.3 is 0 Å². The number of amidine groups is 1. The lowest BCUT2D eigenvalue weighted by molar-refractivity contribution is -0.00896. The SMILES string of the molecule is CC1=NC(N)N(C)C(C)(N)N1C. The van der Waals surface area contributed by atoms with Gasteiger partial charge < -0.3 is 4.90 Å². The van der Waals surface area contributed by atoms with Gasteiger partial charge in [0.25, 0.3) is 0 Å². The van der Waals surface area contributed by atoms with Crippen molar-refractivity contribution in [2.24, 2.45) is 16.5 Å². The predicted octanol–water partition coefficient (Wildman–Crippen LogP) is -0.843. The van der Waals surface area contributed by atoms with E-state index in [1.807, 2.05) is 37.7 Å². The highest BCUT2D eigenvalue weighted by atomic mass is 15.5. The molecule has 0 fully saturated rings. The van der Waals surface area contributed by atoms with Crippen LogP contribution in [0.1, 0.15) is 13.8 Å². The molecular weight excluding hydrogens is 154 g/mol. The monoisotopic (exact) mass is 171 g/mol. The molecule has 1 aliphatic rings. The molecule has 70 valence electrons. The van der Waals surface area contributed by atoms with Crippen molar-refractivity contribution in [2.45, 2.75) is 25.9 Å². The number of aliphatic imine (C=N–C) groups is 1. The van der Waals surface area contributed by atoms with E-state index in [9.17, 15) is 0 Å². The lowest BCUT2D eigenvalue weighted by Gasteiger charge is -2.48. The van der Waals surface area contributed by atoms with Gasteiger partial charge in [0.15, 0.2) is 6.29 Å². The van der Waals surface area contributed by atoms with Gasteiger partial charge in [0, 0.05) is 7.05 Å². The Hall–Kier alpha value is -0.650. The molecule has 1 heterocycles. The van der Waals surface area contributed by atoms with Crippen molar-refractivity contribution in [1.82, 2.24) is 9.80 Å². The minimum absolute atomic E-state index is 0.337. The van der Waals surface area contributed by atoms with E-state index in [0.717, 1.165) is 5.84 Å². The van der Waals surface area contributed by atoms with Crippen LogP contribution in [0.5, 0.6) is 0 Å². The molecule has 0 amide bonds. The summed E-state index contributed by atoms with van der Waals surface area (Å²) in [4.78, 5) is 7.93. The Morgan fingerprint density at radius 2 is 2.00 bits per heavy atom. The zero-order valence-corrected chi connectivity index (χ0v) is 8.07. The first-order valence-electron chi connectivity index (χ1n) is 3.93. The fraction of sp³-hybridized carbons (Fsp3) is 0.857. The molecule has 1 aliphatic heterocycles. The molecule has 0 aromatic carbocycles. The Morgan fingerprint density at radius 1 is 1.50 bits per heavy atom. The Labute approximate surface area is 73.0 Å². The predicted molar refractivity (Wildman–Crippen MR) is 49.2 cm³/mol. The van der Waals surface area contributed by atoms with Gasteiger partial charge in [0.05, 0.1) is 0 Å². The molecule has 12 heavy (non-hydrogen) atoms. The Kier molecular flexibility index (Phi) is 2.11. The van der Waals surface area contributed by atoms with Gasteiger partial charge in [-0.2, -0.15) is 0 Å². The van der Waals surface area contributed by atoms with E-state index in [-0.39, 0.29) is 6.29 Å². The van der Waals surface area contributed by atoms with Gasteiger partial charge in [0.1, 0.15) is 11.6 Å². The van der Waals surface area contributed by atoms with E-state index in [1.54, 1.807) is 0 Å². The van der Waals surface area contributed by atoms with E-state index in [2.05, 4.69) is 4.99 Å². The summed E-state index contributed by atoms with van der Waals surface area (Å²) in [6.07, 6.45) is -0.337. The molecular formula is C7H17N5. The minimum atomic E-state index is -0.550. The molecule has 5 heteroatoms. The molecule has 0 aliphatic carbocycles. The maximum Gasteiger partial charge on any atom is 0.158 e. The van der Waals surface area contributed by atoms with E-state index in [0.29, 0.717) is 0 Å². The molecule has 2 unspecified atom stereocenters. The molecule has 0 saturated heterocycles. The van der Waals surface area contributed by atoms with E-state index in [4.69, 9.17) is 11.5 Å². The van der Waals surface area contributed by atoms with Crippen LogP contribution in [-0.2, 0) is 0 Å². The van der Waals surface area contributed by atoms with E-state index in [1.165, 1.54) is 0 Å². The summed E-state index contributed by atoms with van der Waals surface area (Å²) in [6, 6.07) is 0. The maximum absolute atomic E-state index is 6.04. The second kappa shape index (κ2) is 2.69. The third-order valence-electron chi connectivity index (χ3n) is 2.59. The first-order valence-corrected chi connectivity index (χ1v) is 3.93. The number of hydrogen-bond donors (Lipinski definition) is 2. The van der Waals surface area contributed by atoms with Crippen LogP contribution in [0, 0.1) is 0 Å². The largest absolute Gasteiger partial charge is 0.333 e. The molecule has 0 aromatic rings. The van der Waals surface area contributed by atoms with Crippen molar-refractivity contribution in [2.75, 3.05) is 14.1 Å². The first kappa shape index (κ1) is 9.44. The van der Waals surface area contributed by atoms with Crippen LogP contribution in [0.3, 0.4) is 0 Å². The van der Waals surface area contributed by atoms with Crippen molar-refractivity contribution in [3.8, 4) is 0 Å². The summed E-state index contributed by atoms with van der Waals surface area (Å²) in [5.74, 6) is 0.316. The first-order chi connectivity index (χ1) is 5.37. The van der Waals surface area contributed by atoms with Crippen LogP contribution >= 0.6 is 0 Å². The summed E-state index contributed by atoms with van der Waals surface area (Å²) < 4.78 is 0. The Balaban J connectivity index is 3.00. The third kappa shape index (κ3) is 1.20. The highest BCUT2D eigenvalue weighted by Crippen LogP contribution is 2.18. The number of hydrogen-bond acceptors (Lipinski definition) is 5. The van der Waals surface area contributed by atoms with E-state index >= 15 is 0 Å². The third-order valence-corrected chi connectivity index (χ3v) is 2.59. The van der Waals surface area contributed by atoms with Crippen LogP contribution in [0.2, 0.25) is 0 Å². The van der Waals surface area contributed by atoms with Gasteiger partial charge in [-0.05, 0) is 20.9 Å². The second-order valence-corrected chi connectivity index (χ2v) is 3.35. The fourth-order valence-corrected chi connectivity index (χ4v) is 1.20. The number of nitrogens with zero attached hydrogens (tertiary/aromatic N) is 3. The minimum Gasteiger partial charge on any atom is -0.333 e. The van der Waals surface area contributed by atoms with Gasteiger partial charge in [-0.1, -0.05) is 0 Å². The quantitative estimate of drug-likeness (QED) is 0.498. The van der Waals surface area contributed by atoms with Crippen LogP contribution in [0.25, 0.3) is 0 Å². The average molecular weight is 171 g/mol. The van der Waals surface area contributed by atoms with Crippen LogP contribution in [0.4, 0.5) is 0 Å². The zero-order chi connectivity index (χ0) is 9.52. The molecule has 2 atom stereocenters. The molecule has 0 radical (unpaired) electrons. The molecule has 0 aromatic heterocycles. The van der Waals surface area contributed by atoms with Crippen LogP contribution in [0.15, 0.2) is 4.99 Å². The summed E-state index contributed by atoms with van der Waals surface area (Å²) in [5, 5.41) is 0. The highest BCUT2D eigenvalue weighted by molar-refractivity contribution is 5.80. The maximum atomic E-state index is 6.04. The molecule has 1 rings (SSSR count). The average Bonchev–Trinajstić information content (AvgIpc) is 1.99. The van der Waals surface area contributed by atoms with Crippen molar-refractivity contribution >= 4 is 5.84 Å². The normalized spacial score (nSPS) is 38.3. The molecule has 0 bridgehead atoms. The number of rotatable bonds is 0. The Morgan fingerprint density at radius 3 is 2.50 bits per heavy atom. The molecule has 0 spiro atoms. The summed E-state index contributed by atoms with van der Waals surface area (Å²) >= 11 is 0. The summed E-state index contributed by atoms with van der Waals surface area (Å²) in [7, 11) is 3.76. The van der Waals surface area contributed by atoms with Crippen molar-refractivity contribution < 1.29 is 0 Å². The molecule has 5 nitrogen and oxygen atoms in total. The van der Waals surface area contributed by atoms with Crippen molar-refractivity contribution in [3.63, 3.8) is 0 Å².